The van der Waals surface area contributed by atoms with E-state index in [1.165, 1.54) is 23.0 Å². The molecule has 0 radical (unpaired) electrons. The number of aromatic amines is 1. The lowest BCUT2D eigenvalue weighted by molar-refractivity contribution is 0.0982. The first-order valence-electron chi connectivity index (χ1n) is 9.56. The van der Waals surface area contributed by atoms with E-state index < -0.39 is 23.0 Å². The van der Waals surface area contributed by atoms with Gasteiger partial charge >= 0.3 is 5.69 Å². The second kappa shape index (κ2) is 8.81. The molecule has 0 saturated heterocycles. The van der Waals surface area contributed by atoms with Crippen LogP contribution in [0.4, 0.5) is 15.9 Å². The van der Waals surface area contributed by atoms with Crippen LogP contribution in [-0.4, -0.2) is 15.5 Å². The van der Waals surface area contributed by atoms with Gasteiger partial charge < -0.3 is 10.2 Å². The number of nitrogens with zero attached hydrogens (tertiary/aromatic N) is 2. The minimum absolute atomic E-state index is 0.0756. The topological polar surface area (TPSA) is 114 Å². The molecule has 30 heavy (non-hydrogen) atoms. The third-order valence-corrected chi connectivity index (χ3v) is 4.79. The molecule has 2 heterocycles. The molecular formula is C21H23FN4O4. The van der Waals surface area contributed by atoms with E-state index in [9.17, 15) is 18.8 Å². The van der Waals surface area contributed by atoms with E-state index in [0.29, 0.717) is 17.7 Å². The molecule has 0 spiro atoms. The van der Waals surface area contributed by atoms with Gasteiger partial charge in [0.1, 0.15) is 17.4 Å². The van der Waals surface area contributed by atoms with Crippen LogP contribution in [0, 0.1) is 12.7 Å². The molecule has 3 rings (SSSR count). The SMILES string of the molecule is CCCCn1c(N)c(N(Cc2ccco2)C(=O)c2cc(F)ccc2C)c(=O)[nH]c1=O. The molecule has 0 bridgehead atoms. The van der Waals surface area contributed by atoms with Gasteiger partial charge in [-0.05, 0) is 43.2 Å². The van der Waals surface area contributed by atoms with Crippen LogP contribution in [0.5, 0.6) is 0 Å². The molecule has 0 atom stereocenters. The normalized spacial score (nSPS) is 10.9. The summed E-state index contributed by atoms with van der Waals surface area (Å²) in [5.41, 5.74) is 5.15. The first-order valence-corrected chi connectivity index (χ1v) is 9.56. The van der Waals surface area contributed by atoms with Crippen LogP contribution in [0.1, 0.15) is 41.4 Å². The summed E-state index contributed by atoms with van der Waals surface area (Å²) in [6.07, 6.45) is 2.89. The highest BCUT2D eigenvalue weighted by Crippen LogP contribution is 2.24. The molecule has 0 fully saturated rings. The number of rotatable bonds is 7. The van der Waals surface area contributed by atoms with Crippen molar-refractivity contribution in [3.63, 3.8) is 0 Å². The Morgan fingerprint density at radius 1 is 1.30 bits per heavy atom. The maximum atomic E-state index is 13.8. The van der Waals surface area contributed by atoms with Gasteiger partial charge in [-0.15, -0.1) is 0 Å². The number of carbonyl (C=O) groups excluding carboxylic acids is 1. The monoisotopic (exact) mass is 414 g/mol. The fourth-order valence-electron chi connectivity index (χ4n) is 3.16. The molecule has 3 aromatic rings. The summed E-state index contributed by atoms with van der Waals surface area (Å²) in [6, 6.07) is 7.10. The Hall–Kier alpha value is -3.62. The Bertz CT molecular complexity index is 1160. The predicted octanol–water partition coefficient (Wildman–Crippen LogP) is 2.81. The maximum Gasteiger partial charge on any atom is 0.330 e. The van der Waals surface area contributed by atoms with Crippen molar-refractivity contribution in [2.75, 3.05) is 10.6 Å². The van der Waals surface area contributed by atoms with Crippen LogP contribution in [0.15, 0.2) is 50.6 Å². The summed E-state index contributed by atoms with van der Waals surface area (Å²) in [7, 11) is 0. The lowest BCUT2D eigenvalue weighted by Gasteiger charge is -2.24. The largest absolute Gasteiger partial charge is 0.467 e. The van der Waals surface area contributed by atoms with Crippen molar-refractivity contribution in [2.45, 2.75) is 39.8 Å². The third-order valence-electron chi connectivity index (χ3n) is 4.79. The molecular weight excluding hydrogens is 391 g/mol. The van der Waals surface area contributed by atoms with Gasteiger partial charge in [0.25, 0.3) is 11.5 Å². The Kier molecular flexibility index (Phi) is 6.20. The fraction of sp³-hybridized carbons (Fsp3) is 0.286. The average molecular weight is 414 g/mol. The number of aryl methyl sites for hydroxylation is 1. The van der Waals surface area contributed by atoms with Gasteiger partial charge in [-0.2, -0.15) is 0 Å². The smallest absolute Gasteiger partial charge is 0.330 e. The second-order valence-corrected chi connectivity index (χ2v) is 6.93. The zero-order chi connectivity index (χ0) is 21.8. The first-order chi connectivity index (χ1) is 14.3. The molecule has 1 aromatic carbocycles. The number of furan rings is 1. The van der Waals surface area contributed by atoms with Crippen LogP contribution >= 0.6 is 0 Å². The van der Waals surface area contributed by atoms with Crippen LogP contribution in [0.3, 0.4) is 0 Å². The minimum Gasteiger partial charge on any atom is -0.467 e. The highest BCUT2D eigenvalue weighted by molar-refractivity contribution is 6.08. The van der Waals surface area contributed by atoms with E-state index in [2.05, 4.69) is 4.98 Å². The van der Waals surface area contributed by atoms with Crippen molar-refractivity contribution in [3.05, 3.63) is 80.1 Å². The molecule has 0 saturated carbocycles. The van der Waals surface area contributed by atoms with Gasteiger partial charge in [-0.25, -0.2) is 9.18 Å². The van der Waals surface area contributed by atoms with Crippen molar-refractivity contribution in [1.29, 1.82) is 0 Å². The molecule has 0 aliphatic carbocycles. The lowest BCUT2D eigenvalue weighted by Crippen LogP contribution is -2.41. The number of halogens is 1. The van der Waals surface area contributed by atoms with Crippen molar-refractivity contribution >= 4 is 17.4 Å². The number of hydrogen-bond donors (Lipinski definition) is 2. The van der Waals surface area contributed by atoms with Crippen LogP contribution in [0.2, 0.25) is 0 Å². The van der Waals surface area contributed by atoms with Gasteiger partial charge in [0, 0.05) is 12.1 Å². The average Bonchev–Trinajstić information content (AvgIpc) is 3.21. The van der Waals surface area contributed by atoms with E-state index in [0.717, 1.165) is 17.4 Å². The maximum absolute atomic E-state index is 13.8. The second-order valence-electron chi connectivity index (χ2n) is 6.93. The Labute approximate surface area is 171 Å². The quantitative estimate of drug-likeness (QED) is 0.617. The van der Waals surface area contributed by atoms with Crippen LogP contribution in [0.25, 0.3) is 0 Å². The molecule has 1 amide bonds. The number of H-pyrrole nitrogens is 1. The molecule has 0 unspecified atom stereocenters. The zero-order valence-corrected chi connectivity index (χ0v) is 16.8. The molecule has 3 N–H and O–H groups in total. The summed E-state index contributed by atoms with van der Waals surface area (Å²) in [4.78, 5) is 41.7. The van der Waals surface area contributed by atoms with Crippen LogP contribution < -0.4 is 21.9 Å². The number of hydrogen-bond acceptors (Lipinski definition) is 5. The number of amides is 1. The first kappa shape index (κ1) is 21.1. The predicted molar refractivity (Wildman–Crippen MR) is 111 cm³/mol. The number of anilines is 2. The Morgan fingerprint density at radius 3 is 2.73 bits per heavy atom. The van der Waals surface area contributed by atoms with Crippen LogP contribution in [-0.2, 0) is 13.1 Å². The summed E-state index contributed by atoms with van der Waals surface area (Å²) < 4.78 is 20.4. The summed E-state index contributed by atoms with van der Waals surface area (Å²) >= 11 is 0. The molecule has 8 nitrogen and oxygen atoms in total. The van der Waals surface area contributed by atoms with E-state index in [4.69, 9.17) is 10.2 Å². The molecule has 0 aliphatic rings. The standard InChI is InChI=1S/C21H23FN4O4/c1-3-4-9-25-18(23)17(19(27)24-21(25)29)26(12-15-6-5-10-30-15)20(28)16-11-14(22)8-7-13(16)2/h5-8,10-11H,3-4,9,12,23H2,1-2H3,(H,24,27,29). The zero-order valence-electron chi connectivity index (χ0n) is 16.8. The van der Waals surface area contributed by atoms with Gasteiger partial charge in [0.15, 0.2) is 5.69 Å². The van der Waals surface area contributed by atoms with E-state index in [-0.39, 0.29) is 30.2 Å². The van der Waals surface area contributed by atoms with Gasteiger partial charge in [-0.3, -0.25) is 24.0 Å². The highest BCUT2D eigenvalue weighted by Gasteiger charge is 2.27. The molecule has 158 valence electrons. The van der Waals surface area contributed by atoms with Gasteiger partial charge in [0.2, 0.25) is 0 Å². The molecule has 0 aliphatic heterocycles. The van der Waals surface area contributed by atoms with Gasteiger partial charge in [0.05, 0.1) is 12.8 Å². The minimum atomic E-state index is -0.806. The number of benzene rings is 1. The van der Waals surface area contributed by atoms with Gasteiger partial charge in [-0.1, -0.05) is 19.4 Å². The van der Waals surface area contributed by atoms with Crippen molar-refractivity contribution in [1.82, 2.24) is 9.55 Å². The number of nitrogens with two attached hydrogens (primary N) is 1. The summed E-state index contributed by atoms with van der Waals surface area (Å²) in [6.45, 7) is 3.77. The van der Waals surface area contributed by atoms with Crippen molar-refractivity contribution in [2.24, 2.45) is 0 Å². The van der Waals surface area contributed by atoms with Crippen molar-refractivity contribution < 1.29 is 13.6 Å². The number of aromatic nitrogens is 2. The fourth-order valence-corrected chi connectivity index (χ4v) is 3.16. The van der Waals surface area contributed by atoms with Crippen molar-refractivity contribution in [3.8, 4) is 0 Å². The van der Waals surface area contributed by atoms with E-state index >= 15 is 0 Å². The number of unbranched alkanes of at least 4 members (excludes halogenated alkanes) is 1. The Balaban J connectivity index is 2.18. The molecule has 9 heteroatoms. The number of nitrogens with one attached hydrogen (secondary N) is 1. The van der Waals surface area contributed by atoms with E-state index in [1.54, 1.807) is 19.1 Å². The molecule has 2 aromatic heterocycles. The Morgan fingerprint density at radius 2 is 2.07 bits per heavy atom. The third kappa shape index (κ3) is 4.19. The summed E-state index contributed by atoms with van der Waals surface area (Å²) in [5.74, 6) is -0.966. The van der Waals surface area contributed by atoms with E-state index in [1.807, 2.05) is 6.92 Å². The summed E-state index contributed by atoms with van der Waals surface area (Å²) in [5, 5.41) is 0. The number of nitrogen functional groups attached to an aromatic ring is 1. The highest BCUT2D eigenvalue weighted by atomic mass is 19.1. The lowest BCUT2D eigenvalue weighted by atomic mass is 10.1. The number of carbonyl (C=O) groups is 1.